The minimum atomic E-state index is -0.184. The first-order chi connectivity index (χ1) is 10.2. The smallest absolute Gasteiger partial charge is 0.257 e. The summed E-state index contributed by atoms with van der Waals surface area (Å²) >= 11 is 6.21. The summed E-state index contributed by atoms with van der Waals surface area (Å²) in [4.78, 5) is 19.5. The number of halogens is 1. The number of benzene rings is 1. The standard InChI is InChI=1S/C16H10ClN3O/c17-12-5-6-18-15-14(12)11(16(21)20-15)7-9-8-19-13-4-2-1-3-10(9)13/h1-8,19H,(H,18,20,21). The highest BCUT2D eigenvalue weighted by molar-refractivity contribution is 6.41. The van der Waals surface area contributed by atoms with E-state index in [0.717, 1.165) is 16.5 Å². The zero-order valence-electron chi connectivity index (χ0n) is 10.9. The molecule has 3 aromatic rings. The van der Waals surface area contributed by atoms with E-state index >= 15 is 0 Å². The van der Waals surface area contributed by atoms with Crippen LogP contribution in [0.1, 0.15) is 11.1 Å². The van der Waals surface area contributed by atoms with Crippen LogP contribution >= 0.6 is 11.6 Å². The summed E-state index contributed by atoms with van der Waals surface area (Å²) in [6, 6.07) is 9.62. The summed E-state index contributed by atoms with van der Waals surface area (Å²) in [7, 11) is 0. The third kappa shape index (κ3) is 1.84. The Morgan fingerprint density at radius 1 is 1.19 bits per heavy atom. The van der Waals surface area contributed by atoms with E-state index in [1.807, 2.05) is 36.5 Å². The van der Waals surface area contributed by atoms with Gasteiger partial charge in [0, 0.05) is 34.4 Å². The maximum absolute atomic E-state index is 12.2. The fraction of sp³-hybridized carbons (Fsp3) is 0. The number of hydrogen-bond donors (Lipinski definition) is 2. The van der Waals surface area contributed by atoms with Crippen LogP contribution in [-0.4, -0.2) is 15.9 Å². The first-order valence-corrected chi connectivity index (χ1v) is 6.86. The van der Waals surface area contributed by atoms with Gasteiger partial charge < -0.3 is 10.3 Å². The average molecular weight is 296 g/mol. The summed E-state index contributed by atoms with van der Waals surface area (Å²) in [6.07, 6.45) is 5.30. The van der Waals surface area contributed by atoms with Gasteiger partial charge in [0.2, 0.25) is 0 Å². The van der Waals surface area contributed by atoms with Crippen molar-refractivity contribution in [2.45, 2.75) is 0 Å². The summed E-state index contributed by atoms with van der Waals surface area (Å²) in [5.41, 5.74) is 3.17. The molecule has 0 saturated heterocycles. The number of nitrogens with one attached hydrogen (secondary N) is 2. The second-order valence-corrected chi connectivity index (χ2v) is 5.23. The molecule has 4 rings (SSSR count). The van der Waals surface area contributed by atoms with Gasteiger partial charge in [-0.1, -0.05) is 29.8 Å². The van der Waals surface area contributed by atoms with Crippen molar-refractivity contribution in [1.29, 1.82) is 0 Å². The third-order valence-electron chi connectivity index (χ3n) is 3.57. The Balaban J connectivity index is 1.93. The number of pyridine rings is 1. The number of hydrogen-bond acceptors (Lipinski definition) is 2. The maximum Gasteiger partial charge on any atom is 0.257 e. The van der Waals surface area contributed by atoms with Crippen molar-refractivity contribution in [2.75, 3.05) is 5.32 Å². The first-order valence-electron chi connectivity index (χ1n) is 6.48. The van der Waals surface area contributed by atoms with Crippen LogP contribution in [0, 0.1) is 0 Å². The van der Waals surface area contributed by atoms with Crippen LogP contribution in [0.4, 0.5) is 5.82 Å². The van der Waals surface area contributed by atoms with E-state index in [4.69, 9.17) is 11.6 Å². The Morgan fingerprint density at radius 3 is 2.95 bits per heavy atom. The van der Waals surface area contributed by atoms with Gasteiger partial charge in [0.1, 0.15) is 5.82 Å². The highest BCUT2D eigenvalue weighted by Crippen LogP contribution is 2.37. The molecular formula is C16H10ClN3O. The van der Waals surface area contributed by atoms with E-state index in [1.54, 1.807) is 12.3 Å². The predicted octanol–water partition coefficient (Wildman–Crippen LogP) is 3.71. The van der Waals surface area contributed by atoms with Crippen LogP contribution in [0.25, 0.3) is 22.6 Å². The van der Waals surface area contributed by atoms with E-state index in [2.05, 4.69) is 15.3 Å². The zero-order valence-corrected chi connectivity index (χ0v) is 11.6. The number of aromatic nitrogens is 2. The molecule has 2 N–H and O–H groups in total. The quantitative estimate of drug-likeness (QED) is 0.672. The van der Waals surface area contributed by atoms with E-state index in [9.17, 15) is 4.79 Å². The number of para-hydroxylation sites is 1. The number of H-pyrrole nitrogens is 1. The molecule has 102 valence electrons. The van der Waals surface area contributed by atoms with Gasteiger partial charge in [0.05, 0.1) is 10.6 Å². The molecule has 0 fully saturated rings. The summed E-state index contributed by atoms with van der Waals surface area (Å²) < 4.78 is 0. The molecule has 0 bridgehead atoms. The van der Waals surface area contributed by atoms with Crippen molar-refractivity contribution in [3.05, 3.63) is 58.9 Å². The normalized spacial score (nSPS) is 15.5. The predicted molar refractivity (Wildman–Crippen MR) is 84.0 cm³/mol. The highest BCUT2D eigenvalue weighted by Gasteiger charge is 2.27. The second kappa shape index (κ2) is 4.46. The van der Waals surface area contributed by atoms with E-state index in [0.29, 0.717) is 22.0 Å². The molecular weight excluding hydrogens is 286 g/mol. The lowest BCUT2D eigenvalue weighted by molar-refractivity contribution is -0.110. The number of carbonyl (C=O) groups is 1. The van der Waals surface area contributed by atoms with E-state index in [1.165, 1.54) is 0 Å². The monoisotopic (exact) mass is 295 g/mol. The van der Waals surface area contributed by atoms with Crippen LogP contribution in [0.2, 0.25) is 5.02 Å². The van der Waals surface area contributed by atoms with Gasteiger partial charge in [-0.3, -0.25) is 4.79 Å². The molecule has 0 saturated carbocycles. The minimum absolute atomic E-state index is 0.184. The number of nitrogens with zero attached hydrogens (tertiary/aromatic N) is 1. The van der Waals surface area contributed by atoms with Crippen molar-refractivity contribution >= 4 is 45.9 Å². The maximum atomic E-state index is 12.2. The molecule has 0 unspecified atom stereocenters. The number of carbonyl (C=O) groups excluding carboxylic acids is 1. The second-order valence-electron chi connectivity index (χ2n) is 4.82. The highest BCUT2D eigenvalue weighted by atomic mass is 35.5. The summed E-state index contributed by atoms with van der Waals surface area (Å²) in [5, 5.41) is 4.32. The first kappa shape index (κ1) is 12.2. The Bertz CT molecular complexity index is 911. The van der Waals surface area contributed by atoms with Crippen molar-refractivity contribution < 1.29 is 4.79 Å². The molecule has 1 amide bonds. The van der Waals surface area contributed by atoms with Crippen LogP contribution in [0.5, 0.6) is 0 Å². The van der Waals surface area contributed by atoms with Gasteiger partial charge in [-0.15, -0.1) is 0 Å². The molecule has 1 aliphatic heterocycles. The topological polar surface area (TPSA) is 57.8 Å². The van der Waals surface area contributed by atoms with Crippen LogP contribution in [0.15, 0.2) is 42.7 Å². The average Bonchev–Trinajstić information content (AvgIpc) is 3.03. The molecule has 5 heteroatoms. The van der Waals surface area contributed by atoms with Crippen molar-refractivity contribution in [3.8, 4) is 0 Å². The molecule has 1 aliphatic rings. The molecule has 4 nitrogen and oxygen atoms in total. The molecule has 21 heavy (non-hydrogen) atoms. The number of rotatable bonds is 1. The van der Waals surface area contributed by atoms with Crippen LogP contribution in [0.3, 0.4) is 0 Å². The third-order valence-corrected chi connectivity index (χ3v) is 3.88. The van der Waals surface area contributed by atoms with Gasteiger partial charge in [0.25, 0.3) is 5.91 Å². The Kier molecular flexibility index (Phi) is 2.59. The fourth-order valence-corrected chi connectivity index (χ4v) is 2.83. The minimum Gasteiger partial charge on any atom is -0.361 e. The lowest BCUT2D eigenvalue weighted by Gasteiger charge is -2.00. The van der Waals surface area contributed by atoms with Gasteiger partial charge in [-0.05, 0) is 18.2 Å². The molecule has 2 aromatic heterocycles. The van der Waals surface area contributed by atoms with Gasteiger partial charge in [0.15, 0.2) is 0 Å². The van der Waals surface area contributed by atoms with Crippen molar-refractivity contribution in [1.82, 2.24) is 9.97 Å². The number of amides is 1. The number of aromatic amines is 1. The van der Waals surface area contributed by atoms with E-state index < -0.39 is 0 Å². The molecule has 0 aliphatic carbocycles. The molecule has 3 heterocycles. The largest absolute Gasteiger partial charge is 0.361 e. The fourth-order valence-electron chi connectivity index (χ4n) is 2.58. The van der Waals surface area contributed by atoms with Gasteiger partial charge in [-0.2, -0.15) is 0 Å². The number of anilines is 1. The zero-order chi connectivity index (χ0) is 14.4. The summed E-state index contributed by atoms with van der Waals surface area (Å²) in [5.74, 6) is 0.328. The van der Waals surface area contributed by atoms with Gasteiger partial charge >= 0.3 is 0 Å². The molecule has 0 radical (unpaired) electrons. The van der Waals surface area contributed by atoms with Crippen molar-refractivity contribution in [3.63, 3.8) is 0 Å². The van der Waals surface area contributed by atoms with Crippen LogP contribution < -0.4 is 5.32 Å². The Hall–Kier alpha value is -2.59. The lowest BCUT2D eigenvalue weighted by atomic mass is 10.1. The van der Waals surface area contributed by atoms with E-state index in [-0.39, 0.29) is 5.91 Å². The Labute approximate surface area is 125 Å². The molecule has 1 aromatic carbocycles. The lowest BCUT2D eigenvalue weighted by Crippen LogP contribution is -2.04. The van der Waals surface area contributed by atoms with Crippen LogP contribution in [-0.2, 0) is 4.79 Å². The molecule has 0 spiro atoms. The van der Waals surface area contributed by atoms with Gasteiger partial charge in [-0.25, -0.2) is 4.98 Å². The summed E-state index contributed by atoms with van der Waals surface area (Å²) in [6.45, 7) is 0. The van der Waals surface area contributed by atoms with Crippen molar-refractivity contribution in [2.24, 2.45) is 0 Å². The number of fused-ring (bicyclic) bond motifs is 2. The SMILES string of the molecule is O=C1Nc2nccc(Cl)c2C1=Cc1c[nH]c2ccccc12. The molecule has 0 atom stereocenters. The Morgan fingerprint density at radius 2 is 2.05 bits per heavy atom.